The molecule has 0 saturated carbocycles. The molecule has 2 aromatic heterocycles. The van der Waals surface area contributed by atoms with Crippen molar-refractivity contribution in [2.24, 2.45) is 17.1 Å². The Morgan fingerprint density at radius 1 is 1.31 bits per heavy atom. The van der Waals surface area contributed by atoms with Gasteiger partial charge in [0, 0.05) is 37.6 Å². The number of carbonyl (C=O) groups is 1. The number of nitrogens with zero attached hydrogens (tertiary/aromatic N) is 3. The summed E-state index contributed by atoms with van der Waals surface area (Å²) in [6.45, 7) is 8.61. The number of benzene rings is 1. The van der Waals surface area contributed by atoms with E-state index in [1.165, 1.54) is 0 Å². The van der Waals surface area contributed by atoms with Gasteiger partial charge in [-0.05, 0) is 43.4 Å². The van der Waals surface area contributed by atoms with E-state index in [0.29, 0.717) is 45.0 Å². The fourth-order valence-electron chi connectivity index (χ4n) is 4.20. The topological polar surface area (TPSA) is 109 Å². The number of anilines is 2. The summed E-state index contributed by atoms with van der Waals surface area (Å²) >= 11 is 0. The lowest BCUT2D eigenvalue weighted by molar-refractivity contribution is -0.126. The minimum Gasteiger partial charge on any atom is -0.493 e. The Hall–Kier alpha value is -3.13. The van der Waals surface area contributed by atoms with E-state index in [1.54, 1.807) is 6.33 Å². The molecule has 0 atom stereocenters. The maximum atomic E-state index is 13.3. The third-order valence-corrected chi connectivity index (χ3v) is 6.21. The molecule has 3 aromatic rings. The molecule has 3 heterocycles. The summed E-state index contributed by atoms with van der Waals surface area (Å²) in [5.41, 5.74) is 8.22. The first-order chi connectivity index (χ1) is 15.4. The van der Waals surface area contributed by atoms with Crippen molar-refractivity contribution in [3.05, 3.63) is 42.4 Å². The standard InChI is InChI=1S/C24H32N6O2/c1-16(2)13-32-19-6-4-5-18(11-19)29-23(31)24(14-25)7-9-30(10-8-24)22-20-17(3)12-26-21(20)27-15-28-22/h4-6,11-12,15-16H,7-10,13-14,25H2,1-3H3,(H,29,31)(H,26,27,28). The Labute approximate surface area is 188 Å². The molecule has 4 N–H and O–H groups in total. The monoisotopic (exact) mass is 436 g/mol. The van der Waals surface area contributed by atoms with E-state index in [9.17, 15) is 4.79 Å². The lowest BCUT2D eigenvalue weighted by Crippen LogP contribution is -2.50. The number of aromatic amines is 1. The number of hydrogen-bond acceptors (Lipinski definition) is 6. The lowest BCUT2D eigenvalue weighted by Gasteiger charge is -2.40. The SMILES string of the molecule is Cc1c[nH]c2ncnc(N3CCC(CN)(C(=O)Nc4cccc(OCC(C)C)c4)CC3)c12. The molecule has 4 rings (SSSR count). The predicted molar refractivity (Wildman–Crippen MR) is 127 cm³/mol. The minimum atomic E-state index is -0.607. The summed E-state index contributed by atoms with van der Waals surface area (Å²) in [5.74, 6) is 2.06. The van der Waals surface area contributed by atoms with Gasteiger partial charge in [0.05, 0.1) is 17.4 Å². The number of amides is 1. The second-order valence-corrected chi connectivity index (χ2v) is 9.05. The van der Waals surface area contributed by atoms with Crippen molar-refractivity contribution in [2.75, 3.05) is 36.5 Å². The van der Waals surface area contributed by atoms with E-state index in [4.69, 9.17) is 10.5 Å². The fraction of sp³-hybridized carbons (Fsp3) is 0.458. The molecule has 1 amide bonds. The van der Waals surface area contributed by atoms with E-state index >= 15 is 0 Å². The van der Waals surface area contributed by atoms with Gasteiger partial charge in [-0.3, -0.25) is 4.79 Å². The van der Waals surface area contributed by atoms with Crippen LogP contribution < -0.4 is 20.7 Å². The summed E-state index contributed by atoms with van der Waals surface area (Å²) in [5, 5.41) is 4.11. The Morgan fingerprint density at radius 3 is 2.81 bits per heavy atom. The van der Waals surface area contributed by atoms with Gasteiger partial charge in [-0.1, -0.05) is 19.9 Å². The first kappa shape index (κ1) is 22.1. The number of aryl methyl sites for hydroxylation is 1. The normalized spacial score (nSPS) is 15.8. The molecule has 1 aromatic carbocycles. The molecule has 8 heteroatoms. The highest BCUT2D eigenvalue weighted by Gasteiger charge is 2.41. The molecule has 1 aliphatic heterocycles. The molecule has 0 unspecified atom stereocenters. The van der Waals surface area contributed by atoms with Gasteiger partial charge in [-0.25, -0.2) is 9.97 Å². The van der Waals surface area contributed by atoms with E-state index in [2.05, 4.69) is 39.0 Å². The van der Waals surface area contributed by atoms with Crippen molar-refractivity contribution in [2.45, 2.75) is 33.6 Å². The molecule has 8 nitrogen and oxygen atoms in total. The van der Waals surface area contributed by atoms with E-state index in [0.717, 1.165) is 33.9 Å². The molecule has 0 spiro atoms. The Bertz CT molecular complexity index is 1090. The van der Waals surface area contributed by atoms with Crippen LogP contribution in [0.5, 0.6) is 5.75 Å². The Balaban J connectivity index is 1.45. The summed E-state index contributed by atoms with van der Waals surface area (Å²) < 4.78 is 5.79. The van der Waals surface area contributed by atoms with Crippen LogP contribution in [0.4, 0.5) is 11.5 Å². The number of fused-ring (bicyclic) bond motifs is 1. The van der Waals surface area contributed by atoms with Crippen LogP contribution in [0, 0.1) is 18.3 Å². The zero-order valence-electron chi connectivity index (χ0n) is 19.0. The number of hydrogen-bond donors (Lipinski definition) is 3. The van der Waals surface area contributed by atoms with Crippen LogP contribution in [0.2, 0.25) is 0 Å². The molecule has 1 saturated heterocycles. The number of ether oxygens (including phenoxy) is 1. The lowest BCUT2D eigenvalue weighted by atomic mass is 9.77. The smallest absolute Gasteiger partial charge is 0.232 e. The highest BCUT2D eigenvalue weighted by molar-refractivity contribution is 5.96. The molecule has 170 valence electrons. The second-order valence-electron chi connectivity index (χ2n) is 9.05. The summed E-state index contributed by atoms with van der Waals surface area (Å²) in [6.07, 6.45) is 4.85. The van der Waals surface area contributed by atoms with Gasteiger partial charge in [-0.2, -0.15) is 0 Å². The van der Waals surface area contributed by atoms with Crippen LogP contribution in [0.3, 0.4) is 0 Å². The fourth-order valence-corrected chi connectivity index (χ4v) is 4.20. The second kappa shape index (κ2) is 9.16. The number of aromatic nitrogens is 3. The molecule has 1 aliphatic rings. The average molecular weight is 437 g/mol. The van der Waals surface area contributed by atoms with Crippen molar-refractivity contribution in [1.82, 2.24) is 15.0 Å². The number of carbonyl (C=O) groups excluding carboxylic acids is 1. The summed E-state index contributed by atoms with van der Waals surface area (Å²) in [6, 6.07) is 7.54. The first-order valence-electron chi connectivity index (χ1n) is 11.2. The van der Waals surface area contributed by atoms with Crippen LogP contribution in [-0.2, 0) is 4.79 Å². The van der Waals surface area contributed by atoms with Crippen LogP contribution in [0.1, 0.15) is 32.3 Å². The quantitative estimate of drug-likeness (QED) is 0.523. The van der Waals surface area contributed by atoms with Gasteiger partial charge in [0.1, 0.15) is 23.5 Å². The zero-order valence-corrected chi connectivity index (χ0v) is 19.0. The highest BCUT2D eigenvalue weighted by Crippen LogP contribution is 2.36. The average Bonchev–Trinajstić information content (AvgIpc) is 3.19. The predicted octanol–water partition coefficient (Wildman–Crippen LogP) is 3.49. The molecule has 1 fully saturated rings. The van der Waals surface area contributed by atoms with Crippen molar-refractivity contribution in [1.29, 1.82) is 0 Å². The van der Waals surface area contributed by atoms with Gasteiger partial charge in [0.2, 0.25) is 5.91 Å². The number of H-pyrrole nitrogens is 1. The molecule has 0 aliphatic carbocycles. The number of piperidine rings is 1. The zero-order chi connectivity index (χ0) is 22.7. The molecular weight excluding hydrogens is 404 g/mol. The van der Waals surface area contributed by atoms with Gasteiger partial charge < -0.3 is 25.7 Å². The third-order valence-electron chi connectivity index (χ3n) is 6.21. The van der Waals surface area contributed by atoms with Gasteiger partial charge in [-0.15, -0.1) is 0 Å². The minimum absolute atomic E-state index is 0.0358. The molecule has 0 bridgehead atoms. The van der Waals surface area contributed by atoms with Gasteiger partial charge in [0.25, 0.3) is 0 Å². The van der Waals surface area contributed by atoms with Crippen molar-refractivity contribution in [3.63, 3.8) is 0 Å². The maximum Gasteiger partial charge on any atom is 0.232 e. The summed E-state index contributed by atoms with van der Waals surface area (Å²) in [4.78, 5) is 27.6. The van der Waals surface area contributed by atoms with Crippen LogP contribution in [-0.4, -0.2) is 47.1 Å². The molecular formula is C24H32N6O2. The largest absolute Gasteiger partial charge is 0.493 e. The molecule has 0 radical (unpaired) electrons. The third kappa shape index (κ3) is 4.41. The van der Waals surface area contributed by atoms with Crippen molar-refractivity contribution < 1.29 is 9.53 Å². The van der Waals surface area contributed by atoms with E-state index in [-0.39, 0.29) is 5.91 Å². The summed E-state index contributed by atoms with van der Waals surface area (Å²) in [7, 11) is 0. The maximum absolute atomic E-state index is 13.3. The highest BCUT2D eigenvalue weighted by atomic mass is 16.5. The van der Waals surface area contributed by atoms with Gasteiger partial charge in [0.15, 0.2) is 0 Å². The van der Waals surface area contributed by atoms with E-state index < -0.39 is 5.41 Å². The molecule has 32 heavy (non-hydrogen) atoms. The van der Waals surface area contributed by atoms with Crippen LogP contribution in [0.15, 0.2) is 36.8 Å². The number of nitrogens with two attached hydrogens (primary N) is 1. The van der Waals surface area contributed by atoms with Crippen LogP contribution >= 0.6 is 0 Å². The number of rotatable bonds is 7. The van der Waals surface area contributed by atoms with Gasteiger partial charge >= 0.3 is 0 Å². The van der Waals surface area contributed by atoms with E-state index in [1.807, 2.05) is 37.4 Å². The first-order valence-corrected chi connectivity index (χ1v) is 11.2. The number of nitrogens with one attached hydrogen (secondary N) is 2. The van der Waals surface area contributed by atoms with Crippen LogP contribution in [0.25, 0.3) is 11.0 Å². The Morgan fingerprint density at radius 2 is 2.09 bits per heavy atom. The van der Waals surface area contributed by atoms with Crippen molar-refractivity contribution >= 4 is 28.4 Å². The Kier molecular flexibility index (Phi) is 6.32. The van der Waals surface area contributed by atoms with Crippen molar-refractivity contribution in [3.8, 4) is 5.75 Å².